The van der Waals surface area contributed by atoms with Crippen LogP contribution in [0.3, 0.4) is 0 Å². The lowest BCUT2D eigenvalue weighted by Crippen LogP contribution is -2.31. The molecule has 0 spiro atoms. The highest BCUT2D eigenvalue weighted by Crippen LogP contribution is 2.37. The Bertz CT molecular complexity index is 454. The smallest absolute Gasteiger partial charge is 0.223 e. The van der Waals surface area contributed by atoms with Crippen LogP contribution in [0.5, 0.6) is 5.75 Å². The van der Waals surface area contributed by atoms with Crippen molar-refractivity contribution in [2.24, 2.45) is 0 Å². The number of benzene rings is 1. The molecule has 1 aromatic rings. The molecule has 4 nitrogen and oxygen atoms in total. The summed E-state index contributed by atoms with van der Waals surface area (Å²) in [4.78, 5) is 14.4. The van der Waals surface area contributed by atoms with Crippen LogP contribution in [-0.4, -0.2) is 38.1 Å². The zero-order chi connectivity index (χ0) is 14.4. The zero-order valence-corrected chi connectivity index (χ0v) is 13.6. The van der Waals surface area contributed by atoms with E-state index >= 15 is 0 Å². The molecule has 0 bridgehead atoms. The molecule has 1 aliphatic heterocycles. The van der Waals surface area contributed by atoms with E-state index < -0.39 is 0 Å². The molecule has 1 atom stereocenters. The third kappa shape index (κ3) is 4.35. The second-order valence-corrected chi connectivity index (χ2v) is 5.19. The highest BCUT2D eigenvalue weighted by molar-refractivity contribution is 5.85. The van der Waals surface area contributed by atoms with Crippen LogP contribution in [-0.2, 0) is 4.79 Å². The number of rotatable bonds is 6. The predicted octanol–water partition coefficient (Wildman–Crippen LogP) is 2.78. The first-order valence-electron chi connectivity index (χ1n) is 7.35. The van der Waals surface area contributed by atoms with E-state index in [1.54, 1.807) is 7.11 Å². The van der Waals surface area contributed by atoms with Crippen molar-refractivity contribution in [1.29, 1.82) is 0 Å². The van der Waals surface area contributed by atoms with Crippen LogP contribution in [0.25, 0.3) is 0 Å². The molecule has 1 aliphatic rings. The Morgan fingerprint density at radius 3 is 2.90 bits per heavy atom. The molecule has 5 heteroatoms. The molecule has 118 valence electrons. The molecule has 21 heavy (non-hydrogen) atoms. The van der Waals surface area contributed by atoms with E-state index in [4.69, 9.17) is 4.74 Å². The molecule has 0 aliphatic carbocycles. The molecule has 0 saturated carbocycles. The Morgan fingerprint density at radius 1 is 1.43 bits per heavy atom. The number of carbonyl (C=O) groups is 1. The number of halogens is 1. The van der Waals surface area contributed by atoms with Gasteiger partial charge in [0, 0.05) is 18.5 Å². The molecule has 0 radical (unpaired) electrons. The standard InChI is InChI=1S/C16H24N2O2.ClH/c1-17-11-5-10-16(19)18-12-6-8-14(18)13-7-3-4-9-15(13)20-2;/h3-4,7,9,14,17H,5-6,8,10-12H2,1-2H3;1H. The van der Waals surface area contributed by atoms with Crippen molar-refractivity contribution >= 4 is 18.3 Å². The molecule has 1 saturated heterocycles. The third-order valence-corrected chi connectivity index (χ3v) is 3.89. The summed E-state index contributed by atoms with van der Waals surface area (Å²) in [5.41, 5.74) is 1.13. The quantitative estimate of drug-likeness (QED) is 0.821. The summed E-state index contributed by atoms with van der Waals surface area (Å²) in [6, 6.07) is 8.20. The highest BCUT2D eigenvalue weighted by atomic mass is 35.5. The minimum atomic E-state index is 0. The molecule has 2 rings (SSSR count). The molecule has 1 heterocycles. The number of nitrogens with one attached hydrogen (secondary N) is 1. The lowest BCUT2D eigenvalue weighted by atomic mass is 10.0. The van der Waals surface area contributed by atoms with Gasteiger partial charge >= 0.3 is 0 Å². The van der Waals surface area contributed by atoms with Gasteiger partial charge in [-0.25, -0.2) is 0 Å². The van der Waals surface area contributed by atoms with Crippen molar-refractivity contribution in [1.82, 2.24) is 10.2 Å². The van der Waals surface area contributed by atoms with Crippen molar-refractivity contribution in [2.75, 3.05) is 27.2 Å². The van der Waals surface area contributed by atoms with E-state index in [2.05, 4.69) is 11.4 Å². The SMILES string of the molecule is CNCCCC(=O)N1CCCC1c1ccccc1OC.Cl. The Kier molecular flexibility index (Phi) is 7.54. The first-order chi connectivity index (χ1) is 9.77. The first-order valence-corrected chi connectivity index (χ1v) is 7.35. The maximum absolute atomic E-state index is 12.4. The number of ether oxygens (including phenoxy) is 1. The van der Waals surface area contributed by atoms with Gasteiger partial charge in [-0.15, -0.1) is 12.4 Å². The summed E-state index contributed by atoms with van der Waals surface area (Å²) in [7, 11) is 3.60. The van der Waals surface area contributed by atoms with Crippen LogP contribution in [0.4, 0.5) is 0 Å². The first kappa shape index (κ1) is 17.8. The van der Waals surface area contributed by atoms with Crippen LogP contribution < -0.4 is 10.1 Å². The maximum Gasteiger partial charge on any atom is 0.223 e. The van der Waals surface area contributed by atoms with Gasteiger partial charge in [-0.2, -0.15) is 0 Å². The summed E-state index contributed by atoms with van der Waals surface area (Å²) >= 11 is 0. The Labute approximate surface area is 133 Å². The van der Waals surface area contributed by atoms with Crippen molar-refractivity contribution < 1.29 is 9.53 Å². The Hall–Kier alpha value is -1.26. The fourth-order valence-electron chi connectivity index (χ4n) is 2.89. The fraction of sp³-hybridized carbons (Fsp3) is 0.562. The van der Waals surface area contributed by atoms with Crippen LogP contribution in [0, 0.1) is 0 Å². The van der Waals surface area contributed by atoms with Crippen LogP contribution in [0.2, 0.25) is 0 Å². The summed E-state index contributed by atoms with van der Waals surface area (Å²) in [5, 5.41) is 3.08. The number of carbonyl (C=O) groups excluding carboxylic acids is 1. The molecule has 1 N–H and O–H groups in total. The van der Waals surface area contributed by atoms with Gasteiger partial charge in [0.15, 0.2) is 0 Å². The average molecular weight is 313 g/mol. The van der Waals surface area contributed by atoms with E-state index in [0.717, 1.165) is 43.7 Å². The predicted molar refractivity (Wildman–Crippen MR) is 87.1 cm³/mol. The van der Waals surface area contributed by atoms with Crippen molar-refractivity contribution in [3.05, 3.63) is 29.8 Å². The lowest BCUT2D eigenvalue weighted by Gasteiger charge is -2.26. The fourth-order valence-corrected chi connectivity index (χ4v) is 2.89. The molecular formula is C16H25ClN2O2. The van der Waals surface area contributed by atoms with Crippen LogP contribution in [0.1, 0.15) is 37.3 Å². The number of hydrogen-bond donors (Lipinski definition) is 1. The number of methoxy groups -OCH3 is 1. The molecule has 1 fully saturated rings. The van der Waals surface area contributed by atoms with Gasteiger partial charge in [0.25, 0.3) is 0 Å². The van der Waals surface area contributed by atoms with Gasteiger partial charge in [-0.3, -0.25) is 4.79 Å². The summed E-state index contributed by atoms with van der Waals surface area (Å²) in [5.74, 6) is 1.14. The monoisotopic (exact) mass is 312 g/mol. The Balaban J connectivity index is 0.00000220. The van der Waals surface area contributed by atoms with Crippen LogP contribution >= 0.6 is 12.4 Å². The van der Waals surface area contributed by atoms with E-state index in [-0.39, 0.29) is 24.4 Å². The summed E-state index contributed by atoms with van der Waals surface area (Å²) < 4.78 is 5.44. The zero-order valence-electron chi connectivity index (χ0n) is 12.8. The van der Waals surface area contributed by atoms with Crippen molar-refractivity contribution in [2.45, 2.75) is 31.7 Å². The van der Waals surface area contributed by atoms with Crippen LogP contribution in [0.15, 0.2) is 24.3 Å². The highest BCUT2D eigenvalue weighted by Gasteiger charge is 2.31. The van der Waals surface area contributed by atoms with E-state index in [1.807, 2.05) is 30.1 Å². The van der Waals surface area contributed by atoms with Gasteiger partial charge in [0.05, 0.1) is 13.2 Å². The number of likely N-dealkylation sites (tertiary alicyclic amines) is 1. The van der Waals surface area contributed by atoms with Gasteiger partial charge in [-0.1, -0.05) is 18.2 Å². The molecule has 0 aromatic heterocycles. The molecule has 1 amide bonds. The third-order valence-electron chi connectivity index (χ3n) is 3.89. The van der Waals surface area contributed by atoms with Crippen molar-refractivity contribution in [3.63, 3.8) is 0 Å². The topological polar surface area (TPSA) is 41.6 Å². The van der Waals surface area contributed by atoms with Crippen molar-refractivity contribution in [3.8, 4) is 5.75 Å². The summed E-state index contributed by atoms with van der Waals surface area (Å²) in [6.45, 7) is 1.75. The molecule has 1 aromatic carbocycles. The largest absolute Gasteiger partial charge is 0.496 e. The van der Waals surface area contributed by atoms with E-state index in [9.17, 15) is 4.79 Å². The number of nitrogens with zero attached hydrogens (tertiary/aromatic N) is 1. The molecule has 1 unspecified atom stereocenters. The number of amides is 1. The number of hydrogen-bond acceptors (Lipinski definition) is 3. The van der Waals surface area contributed by atoms with Gasteiger partial charge in [0.2, 0.25) is 5.91 Å². The van der Waals surface area contributed by atoms with Gasteiger partial charge < -0.3 is 15.0 Å². The van der Waals surface area contributed by atoms with Gasteiger partial charge in [-0.05, 0) is 38.9 Å². The van der Waals surface area contributed by atoms with E-state index in [1.165, 1.54) is 0 Å². The van der Waals surface area contributed by atoms with E-state index in [0.29, 0.717) is 6.42 Å². The minimum absolute atomic E-state index is 0. The normalized spacial score (nSPS) is 17.4. The summed E-state index contributed by atoms with van der Waals surface area (Å²) in [6.07, 6.45) is 3.61. The minimum Gasteiger partial charge on any atom is -0.496 e. The maximum atomic E-state index is 12.4. The second kappa shape index (κ2) is 8.90. The Morgan fingerprint density at radius 2 is 2.19 bits per heavy atom. The lowest BCUT2D eigenvalue weighted by molar-refractivity contribution is -0.132. The second-order valence-electron chi connectivity index (χ2n) is 5.19. The number of para-hydroxylation sites is 1. The van der Waals surface area contributed by atoms with Gasteiger partial charge in [0.1, 0.15) is 5.75 Å². The molecular weight excluding hydrogens is 288 g/mol. The average Bonchev–Trinajstić information content (AvgIpc) is 2.96.